The van der Waals surface area contributed by atoms with Crippen molar-refractivity contribution < 1.29 is 14.3 Å². The van der Waals surface area contributed by atoms with Crippen LogP contribution >= 0.6 is 11.3 Å². The molecule has 0 unspecified atom stereocenters. The molecule has 3 aromatic rings. The van der Waals surface area contributed by atoms with Crippen LogP contribution < -0.4 is 4.74 Å². The van der Waals surface area contributed by atoms with Crippen molar-refractivity contribution in [3.63, 3.8) is 0 Å². The maximum absolute atomic E-state index is 13.9. The quantitative estimate of drug-likeness (QED) is 0.463. The number of ether oxygens (including phenoxy) is 1. The van der Waals surface area contributed by atoms with Gasteiger partial charge in [0.15, 0.2) is 0 Å². The molecule has 200 valence electrons. The molecule has 2 atom stereocenters. The van der Waals surface area contributed by atoms with E-state index in [-0.39, 0.29) is 23.9 Å². The highest BCUT2D eigenvalue weighted by Gasteiger charge is 2.37. The molecule has 2 aromatic carbocycles. The van der Waals surface area contributed by atoms with Gasteiger partial charge in [-0.2, -0.15) is 0 Å². The van der Waals surface area contributed by atoms with Crippen molar-refractivity contribution in [3.8, 4) is 5.75 Å². The van der Waals surface area contributed by atoms with E-state index in [4.69, 9.17) is 4.74 Å². The second-order valence-corrected chi connectivity index (χ2v) is 11.3. The largest absolute Gasteiger partial charge is 0.497 e. The van der Waals surface area contributed by atoms with Crippen LogP contribution in [0.25, 0.3) is 0 Å². The Morgan fingerprint density at radius 2 is 1.68 bits per heavy atom. The van der Waals surface area contributed by atoms with Crippen molar-refractivity contribution in [1.82, 2.24) is 14.7 Å². The number of nitrogens with zero attached hydrogens (tertiary/aromatic N) is 3. The van der Waals surface area contributed by atoms with E-state index in [1.807, 2.05) is 45.4 Å². The first-order valence-corrected chi connectivity index (χ1v) is 14.4. The van der Waals surface area contributed by atoms with Gasteiger partial charge in [0.25, 0.3) is 0 Å². The number of thiophene rings is 1. The number of carbonyl (C=O) groups is 2. The van der Waals surface area contributed by atoms with Crippen molar-refractivity contribution in [2.75, 3.05) is 39.8 Å². The van der Waals surface area contributed by atoms with Crippen molar-refractivity contribution in [3.05, 3.63) is 87.1 Å². The van der Waals surface area contributed by atoms with Crippen LogP contribution in [-0.4, -0.2) is 72.4 Å². The van der Waals surface area contributed by atoms with E-state index in [2.05, 4.69) is 54.5 Å². The van der Waals surface area contributed by atoms with Crippen molar-refractivity contribution in [2.24, 2.45) is 0 Å². The Morgan fingerprint density at radius 3 is 2.45 bits per heavy atom. The van der Waals surface area contributed by atoms with Crippen LogP contribution in [0, 0.1) is 6.92 Å². The fourth-order valence-electron chi connectivity index (χ4n) is 5.82. The van der Waals surface area contributed by atoms with Crippen LogP contribution in [0.1, 0.15) is 46.5 Å². The summed E-state index contributed by atoms with van der Waals surface area (Å²) in [6.45, 7) is 7.59. The summed E-state index contributed by atoms with van der Waals surface area (Å²) in [5, 5.41) is 2.18. The maximum atomic E-state index is 13.9. The van der Waals surface area contributed by atoms with Gasteiger partial charge in [-0.05, 0) is 72.5 Å². The third-order valence-electron chi connectivity index (χ3n) is 8.02. The zero-order valence-corrected chi connectivity index (χ0v) is 23.4. The molecule has 2 aliphatic heterocycles. The number of methoxy groups -OCH3 is 1. The van der Waals surface area contributed by atoms with Crippen LogP contribution in [-0.2, 0) is 22.4 Å². The predicted octanol–water partition coefficient (Wildman–Crippen LogP) is 4.70. The van der Waals surface area contributed by atoms with Gasteiger partial charge in [-0.3, -0.25) is 14.5 Å². The fraction of sp³-hybridized carbons (Fsp3) is 0.419. The number of hydrogen-bond donors (Lipinski definition) is 0. The van der Waals surface area contributed by atoms with E-state index in [0.717, 1.165) is 30.7 Å². The lowest BCUT2D eigenvalue weighted by Gasteiger charge is -2.41. The van der Waals surface area contributed by atoms with E-state index in [1.54, 1.807) is 7.11 Å². The Morgan fingerprint density at radius 1 is 0.947 bits per heavy atom. The average Bonchev–Trinajstić information content (AvgIpc) is 3.28. The Hall–Kier alpha value is -3.16. The molecule has 2 amide bonds. The standard InChI is InChI=1S/C31H37N3O3S/c1-22-7-4-5-8-26(22)30-27-14-20-38-28(27)13-17-34(30)23(2)31(36)33-16-6-15-32(18-19-33)29(35)21-24-9-11-25(37-3)12-10-24/h4-5,7-12,14,20,23,30H,6,13,15-19,21H2,1-3H3/t23-,30+/m0/s1. The number of aryl methyl sites for hydroxylation is 1. The Labute approximate surface area is 229 Å². The van der Waals surface area contributed by atoms with E-state index < -0.39 is 0 Å². The highest BCUT2D eigenvalue weighted by molar-refractivity contribution is 7.10. The van der Waals surface area contributed by atoms with Crippen LogP contribution in [0.4, 0.5) is 0 Å². The molecule has 1 aromatic heterocycles. The van der Waals surface area contributed by atoms with Gasteiger partial charge in [-0.15, -0.1) is 11.3 Å². The van der Waals surface area contributed by atoms with E-state index in [1.165, 1.54) is 21.6 Å². The van der Waals surface area contributed by atoms with Gasteiger partial charge in [0, 0.05) is 37.6 Å². The number of benzene rings is 2. The number of hydrogen-bond acceptors (Lipinski definition) is 5. The summed E-state index contributed by atoms with van der Waals surface area (Å²) < 4.78 is 5.22. The minimum atomic E-state index is -0.241. The van der Waals surface area contributed by atoms with E-state index in [9.17, 15) is 9.59 Å². The van der Waals surface area contributed by atoms with Gasteiger partial charge in [0.2, 0.25) is 11.8 Å². The van der Waals surface area contributed by atoms with Crippen LogP contribution in [0.2, 0.25) is 0 Å². The molecule has 0 N–H and O–H groups in total. The highest BCUT2D eigenvalue weighted by Crippen LogP contribution is 2.40. The molecule has 0 bridgehead atoms. The molecule has 38 heavy (non-hydrogen) atoms. The van der Waals surface area contributed by atoms with Gasteiger partial charge >= 0.3 is 0 Å². The van der Waals surface area contributed by atoms with Gasteiger partial charge in [0.05, 0.1) is 25.6 Å². The van der Waals surface area contributed by atoms with Gasteiger partial charge < -0.3 is 14.5 Å². The lowest BCUT2D eigenvalue weighted by Crippen LogP contribution is -2.51. The summed E-state index contributed by atoms with van der Waals surface area (Å²) in [5.74, 6) is 1.05. The minimum absolute atomic E-state index is 0.0831. The SMILES string of the molecule is COc1ccc(CC(=O)N2CCCN(C(=O)[C@H](C)N3CCc4sccc4[C@H]3c3ccccc3C)CC2)cc1. The monoisotopic (exact) mass is 531 g/mol. The van der Waals surface area contributed by atoms with Gasteiger partial charge in [-0.1, -0.05) is 36.4 Å². The molecule has 2 aliphatic rings. The molecule has 3 heterocycles. The minimum Gasteiger partial charge on any atom is -0.497 e. The summed E-state index contributed by atoms with van der Waals surface area (Å²) in [4.78, 5) is 34.6. The molecule has 6 nitrogen and oxygen atoms in total. The van der Waals surface area contributed by atoms with Crippen molar-refractivity contribution in [1.29, 1.82) is 0 Å². The maximum Gasteiger partial charge on any atom is 0.239 e. The predicted molar refractivity (Wildman–Crippen MR) is 152 cm³/mol. The highest BCUT2D eigenvalue weighted by atomic mass is 32.1. The zero-order valence-electron chi connectivity index (χ0n) is 22.6. The molecule has 5 rings (SSSR count). The first kappa shape index (κ1) is 26.4. The third kappa shape index (κ3) is 5.49. The molecule has 1 saturated heterocycles. The zero-order chi connectivity index (χ0) is 26.6. The second kappa shape index (κ2) is 11.7. The van der Waals surface area contributed by atoms with Gasteiger partial charge in [0.1, 0.15) is 5.75 Å². The number of carbonyl (C=O) groups excluding carboxylic acids is 2. The number of fused-ring (bicyclic) bond motifs is 1. The first-order valence-electron chi connectivity index (χ1n) is 13.5. The molecule has 0 aliphatic carbocycles. The second-order valence-electron chi connectivity index (χ2n) is 10.3. The van der Waals surface area contributed by atoms with E-state index >= 15 is 0 Å². The summed E-state index contributed by atoms with van der Waals surface area (Å²) in [7, 11) is 1.64. The van der Waals surface area contributed by atoms with Crippen molar-refractivity contribution in [2.45, 2.75) is 45.2 Å². The molecular weight excluding hydrogens is 494 g/mol. The smallest absolute Gasteiger partial charge is 0.239 e. The lowest BCUT2D eigenvalue weighted by molar-refractivity contribution is -0.138. The van der Waals surface area contributed by atoms with Crippen molar-refractivity contribution >= 4 is 23.2 Å². The molecule has 0 spiro atoms. The van der Waals surface area contributed by atoms with Crippen LogP contribution in [0.15, 0.2) is 60.0 Å². The molecule has 7 heteroatoms. The molecular formula is C31H37N3O3S. The van der Waals surface area contributed by atoms with Crippen LogP contribution in [0.5, 0.6) is 5.75 Å². The average molecular weight is 532 g/mol. The third-order valence-corrected chi connectivity index (χ3v) is 9.01. The first-order chi connectivity index (χ1) is 18.5. The van der Waals surface area contributed by atoms with Gasteiger partial charge in [-0.25, -0.2) is 0 Å². The number of amides is 2. The summed E-state index contributed by atoms with van der Waals surface area (Å²) >= 11 is 1.82. The molecule has 0 saturated carbocycles. The summed E-state index contributed by atoms with van der Waals surface area (Å²) in [5.41, 5.74) is 4.84. The summed E-state index contributed by atoms with van der Waals surface area (Å²) in [6.07, 6.45) is 2.13. The topological polar surface area (TPSA) is 53.1 Å². The Balaban J connectivity index is 1.26. The lowest BCUT2D eigenvalue weighted by atomic mass is 9.89. The van der Waals surface area contributed by atoms with Crippen LogP contribution in [0.3, 0.4) is 0 Å². The molecule has 1 fully saturated rings. The molecule has 0 radical (unpaired) electrons. The fourth-order valence-corrected chi connectivity index (χ4v) is 6.72. The summed E-state index contributed by atoms with van der Waals surface area (Å²) in [6, 6.07) is 18.3. The number of rotatable bonds is 6. The normalized spacial score (nSPS) is 19.0. The Kier molecular flexibility index (Phi) is 8.15. The Bertz CT molecular complexity index is 1270. The van der Waals surface area contributed by atoms with E-state index in [0.29, 0.717) is 32.6 Å².